The van der Waals surface area contributed by atoms with Gasteiger partial charge in [0.2, 0.25) is 0 Å². The molecule has 0 saturated carbocycles. The molecule has 3 nitrogen and oxygen atoms in total. The minimum Gasteiger partial charge on any atom is -0.370 e. The Bertz CT molecular complexity index is 531. The molecule has 0 unspecified atom stereocenters. The van der Waals surface area contributed by atoms with Crippen LogP contribution in [0.15, 0.2) is 6.07 Å². The van der Waals surface area contributed by atoms with Crippen molar-refractivity contribution >= 4 is 27.4 Å². The number of hydrogen-bond donors (Lipinski definition) is 1. The highest BCUT2D eigenvalue weighted by atomic mass is 32.1. The predicted octanol–water partition coefficient (Wildman–Crippen LogP) is 4.02. The molecular formula is C14H21N3S. The van der Waals surface area contributed by atoms with Crippen molar-refractivity contribution in [2.45, 2.75) is 40.5 Å². The number of thiophene rings is 1. The van der Waals surface area contributed by atoms with E-state index in [4.69, 9.17) is 0 Å². The number of aryl methyl sites for hydroxylation is 2. The first-order valence-electron chi connectivity index (χ1n) is 6.61. The third-order valence-electron chi connectivity index (χ3n) is 2.85. The van der Waals surface area contributed by atoms with Crippen molar-refractivity contribution in [1.82, 2.24) is 9.97 Å². The van der Waals surface area contributed by atoms with E-state index in [2.05, 4.69) is 49.0 Å². The van der Waals surface area contributed by atoms with Crippen molar-refractivity contribution in [3.05, 3.63) is 16.8 Å². The Morgan fingerprint density at radius 2 is 2.11 bits per heavy atom. The van der Waals surface area contributed by atoms with Crippen LogP contribution in [0.3, 0.4) is 0 Å². The van der Waals surface area contributed by atoms with E-state index in [0.717, 1.165) is 41.2 Å². The van der Waals surface area contributed by atoms with Crippen molar-refractivity contribution in [1.29, 1.82) is 0 Å². The van der Waals surface area contributed by atoms with Crippen molar-refractivity contribution in [2.24, 2.45) is 5.92 Å². The number of rotatable bonds is 5. The molecule has 0 radical (unpaired) electrons. The summed E-state index contributed by atoms with van der Waals surface area (Å²) < 4.78 is 0. The quantitative estimate of drug-likeness (QED) is 0.885. The van der Waals surface area contributed by atoms with Crippen LogP contribution in [0.25, 0.3) is 10.2 Å². The summed E-state index contributed by atoms with van der Waals surface area (Å²) in [6.45, 7) is 9.58. The van der Waals surface area contributed by atoms with Crippen LogP contribution in [0.5, 0.6) is 0 Å². The minimum atomic E-state index is 0.692. The lowest BCUT2D eigenvalue weighted by atomic mass is 10.1. The fourth-order valence-electron chi connectivity index (χ4n) is 1.92. The van der Waals surface area contributed by atoms with Gasteiger partial charge in [-0.15, -0.1) is 11.3 Å². The van der Waals surface area contributed by atoms with Crippen LogP contribution in [-0.2, 0) is 6.42 Å². The Balaban J connectivity index is 2.36. The van der Waals surface area contributed by atoms with Crippen LogP contribution in [0.1, 0.15) is 37.9 Å². The maximum absolute atomic E-state index is 4.68. The predicted molar refractivity (Wildman–Crippen MR) is 79.5 cm³/mol. The fraction of sp³-hybridized carbons (Fsp3) is 0.571. The van der Waals surface area contributed by atoms with Gasteiger partial charge in [0, 0.05) is 17.8 Å². The van der Waals surface area contributed by atoms with Crippen molar-refractivity contribution < 1.29 is 0 Å². The maximum atomic E-state index is 4.68. The summed E-state index contributed by atoms with van der Waals surface area (Å²) in [5.74, 6) is 2.65. The zero-order chi connectivity index (χ0) is 13.1. The van der Waals surface area contributed by atoms with Crippen LogP contribution in [0.4, 0.5) is 5.82 Å². The molecule has 2 aromatic rings. The standard InChI is InChI=1S/C14H21N3S/c1-5-15-13-11-8-10(4)18-14(11)17-12(16-13)7-6-9(2)3/h8-9H,5-7H2,1-4H3,(H,15,16,17). The van der Waals surface area contributed by atoms with Gasteiger partial charge in [-0.05, 0) is 32.3 Å². The molecule has 1 N–H and O–H groups in total. The summed E-state index contributed by atoms with van der Waals surface area (Å²) in [6, 6.07) is 2.17. The number of hydrogen-bond acceptors (Lipinski definition) is 4. The number of aromatic nitrogens is 2. The van der Waals surface area contributed by atoms with E-state index in [1.165, 1.54) is 4.88 Å². The first-order valence-corrected chi connectivity index (χ1v) is 7.42. The monoisotopic (exact) mass is 263 g/mol. The molecule has 2 aromatic heterocycles. The molecule has 0 spiro atoms. The third-order valence-corrected chi connectivity index (χ3v) is 3.80. The van der Waals surface area contributed by atoms with Crippen LogP contribution < -0.4 is 5.32 Å². The lowest BCUT2D eigenvalue weighted by Gasteiger charge is -2.08. The van der Waals surface area contributed by atoms with E-state index in [0.29, 0.717) is 5.92 Å². The average molecular weight is 263 g/mol. The van der Waals surface area contributed by atoms with Crippen molar-refractivity contribution in [3.8, 4) is 0 Å². The molecule has 0 aliphatic rings. The highest BCUT2D eigenvalue weighted by Crippen LogP contribution is 2.28. The van der Waals surface area contributed by atoms with E-state index >= 15 is 0 Å². The molecule has 0 aliphatic heterocycles. The lowest BCUT2D eigenvalue weighted by Crippen LogP contribution is -2.04. The number of fused-ring (bicyclic) bond motifs is 1. The molecular weight excluding hydrogens is 242 g/mol. The molecule has 0 fully saturated rings. The minimum absolute atomic E-state index is 0.692. The lowest BCUT2D eigenvalue weighted by molar-refractivity contribution is 0.576. The summed E-state index contributed by atoms with van der Waals surface area (Å²) in [6.07, 6.45) is 2.10. The number of nitrogens with zero attached hydrogens (tertiary/aromatic N) is 2. The molecule has 4 heteroatoms. The second-order valence-electron chi connectivity index (χ2n) is 5.03. The second kappa shape index (κ2) is 5.65. The van der Waals surface area contributed by atoms with Gasteiger partial charge in [0.15, 0.2) is 0 Å². The molecule has 0 atom stereocenters. The normalized spacial score (nSPS) is 11.4. The molecule has 0 saturated heterocycles. The van der Waals surface area contributed by atoms with Gasteiger partial charge in [0.05, 0.1) is 5.39 Å². The highest BCUT2D eigenvalue weighted by Gasteiger charge is 2.10. The second-order valence-corrected chi connectivity index (χ2v) is 6.26. The first kappa shape index (κ1) is 13.3. The van der Waals surface area contributed by atoms with Crippen LogP contribution in [-0.4, -0.2) is 16.5 Å². The van der Waals surface area contributed by atoms with Gasteiger partial charge >= 0.3 is 0 Å². The van der Waals surface area contributed by atoms with E-state index in [-0.39, 0.29) is 0 Å². The largest absolute Gasteiger partial charge is 0.370 e. The Hall–Kier alpha value is -1.16. The van der Waals surface area contributed by atoms with Gasteiger partial charge in [-0.1, -0.05) is 13.8 Å². The number of nitrogens with one attached hydrogen (secondary N) is 1. The summed E-state index contributed by atoms with van der Waals surface area (Å²) >= 11 is 1.75. The number of anilines is 1. The molecule has 18 heavy (non-hydrogen) atoms. The Labute approximate surface area is 113 Å². The van der Waals surface area contributed by atoms with E-state index < -0.39 is 0 Å². The van der Waals surface area contributed by atoms with E-state index in [1.54, 1.807) is 11.3 Å². The summed E-state index contributed by atoms with van der Waals surface area (Å²) in [4.78, 5) is 11.7. The topological polar surface area (TPSA) is 37.8 Å². The summed E-state index contributed by atoms with van der Waals surface area (Å²) in [7, 11) is 0. The van der Waals surface area contributed by atoms with Crippen LogP contribution >= 0.6 is 11.3 Å². The molecule has 2 rings (SSSR count). The summed E-state index contributed by atoms with van der Waals surface area (Å²) in [5.41, 5.74) is 0. The van der Waals surface area contributed by atoms with E-state index in [9.17, 15) is 0 Å². The maximum Gasteiger partial charge on any atom is 0.138 e. The van der Waals surface area contributed by atoms with Gasteiger partial charge in [0.25, 0.3) is 0 Å². The van der Waals surface area contributed by atoms with Gasteiger partial charge < -0.3 is 5.32 Å². The Morgan fingerprint density at radius 1 is 1.33 bits per heavy atom. The van der Waals surface area contributed by atoms with Crippen molar-refractivity contribution in [3.63, 3.8) is 0 Å². The molecule has 98 valence electrons. The fourth-order valence-corrected chi connectivity index (χ4v) is 2.82. The van der Waals surface area contributed by atoms with Gasteiger partial charge in [0.1, 0.15) is 16.5 Å². The SMILES string of the molecule is CCNc1nc(CCC(C)C)nc2sc(C)cc12. The van der Waals surface area contributed by atoms with Crippen LogP contribution in [0, 0.1) is 12.8 Å². The third kappa shape index (κ3) is 2.99. The molecule has 0 amide bonds. The van der Waals surface area contributed by atoms with E-state index in [1.807, 2.05) is 0 Å². The zero-order valence-electron chi connectivity index (χ0n) is 11.6. The first-order chi connectivity index (χ1) is 8.60. The summed E-state index contributed by atoms with van der Waals surface area (Å²) in [5, 5.41) is 4.51. The molecule has 0 bridgehead atoms. The van der Waals surface area contributed by atoms with Gasteiger partial charge in [-0.3, -0.25) is 0 Å². The van der Waals surface area contributed by atoms with Crippen LogP contribution in [0.2, 0.25) is 0 Å². The molecule has 0 aromatic carbocycles. The zero-order valence-corrected chi connectivity index (χ0v) is 12.4. The Kier molecular flexibility index (Phi) is 4.17. The molecule has 2 heterocycles. The molecule has 0 aliphatic carbocycles. The average Bonchev–Trinajstić information content (AvgIpc) is 2.67. The van der Waals surface area contributed by atoms with Gasteiger partial charge in [-0.2, -0.15) is 0 Å². The van der Waals surface area contributed by atoms with Crippen molar-refractivity contribution in [2.75, 3.05) is 11.9 Å². The smallest absolute Gasteiger partial charge is 0.138 e. The van der Waals surface area contributed by atoms with Gasteiger partial charge in [-0.25, -0.2) is 9.97 Å². The highest BCUT2D eigenvalue weighted by molar-refractivity contribution is 7.18. The Morgan fingerprint density at radius 3 is 2.78 bits per heavy atom.